The number of benzene rings is 1. The molecule has 1 heterocycles. The molecule has 0 saturated heterocycles. The first kappa shape index (κ1) is 15.8. The van der Waals surface area contributed by atoms with Crippen LogP contribution in [0.2, 0.25) is 4.34 Å². The van der Waals surface area contributed by atoms with Crippen molar-refractivity contribution in [3.8, 4) is 5.75 Å². The first-order valence-corrected chi connectivity index (χ1v) is 8.12. The molecule has 0 spiro atoms. The van der Waals surface area contributed by atoms with Crippen LogP contribution in [0.1, 0.15) is 24.3 Å². The average molecular weight is 379 g/mol. The lowest BCUT2D eigenvalue weighted by Crippen LogP contribution is -2.31. The molecule has 1 aromatic carbocycles. The summed E-state index contributed by atoms with van der Waals surface area (Å²) in [4.78, 5) is 0.895. The summed E-state index contributed by atoms with van der Waals surface area (Å²) < 4.78 is 21.0. The van der Waals surface area contributed by atoms with Gasteiger partial charge in [0.2, 0.25) is 0 Å². The lowest BCUT2D eigenvalue weighted by Gasteiger charge is -2.23. The Morgan fingerprint density at radius 1 is 1.40 bits per heavy atom. The van der Waals surface area contributed by atoms with Gasteiger partial charge in [-0.15, -0.1) is 11.3 Å². The monoisotopic (exact) mass is 377 g/mol. The molecule has 2 aromatic rings. The highest BCUT2D eigenvalue weighted by atomic mass is 79.9. The van der Waals surface area contributed by atoms with Crippen molar-refractivity contribution in [1.29, 1.82) is 0 Å². The minimum absolute atomic E-state index is 0.187. The van der Waals surface area contributed by atoms with Crippen molar-refractivity contribution in [2.24, 2.45) is 5.73 Å². The van der Waals surface area contributed by atoms with E-state index in [2.05, 4.69) is 15.9 Å². The van der Waals surface area contributed by atoms with Crippen molar-refractivity contribution >= 4 is 38.9 Å². The largest absolute Gasteiger partial charge is 0.480 e. The number of rotatable bonds is 5. The van der Waals surface area contributed by atoms with Crippen molar-refractivity contribution in [2.75, 3.05) is 0 Å². The second kappa shape index (κ2) is 6.89. The molecule has 2 nitrogen and oxygen atoms in total. The van der Waals surface area contributed by atoms with Crippen LogP contribution in [0, 0.1) is 5.82 Å². The molecule has 0 aliphatic carbocycles. The zero-order valence-electron chi connectivity index (χ0n) is 10.8. The van der Waals surface area contributed by atoms with E-state index in [1.165, 1.54) is 17.4 Å². The van der Waals surface area contributed by atoms with Crippen molar-refractivity contribution in [1.82, 2.24) is 0 Å². The Morgan fingerprint density at radius 3 is 2.70 bits per heavy atom. The zero-order chi connectivity index (χ0) is 14.7. The Kier molecular flexibility index (Phi) is 5.43. The summed E-state index contributed by atoms with van der Waals surface area (Å²) in [6.07, 6.45) is 0.311. The molecule has 0 bridgehead atoms. The van der Waals surface area contributed by atoms with Gasteiger partial charge >= 0.3 is 0 Å². The predicted octanol–water partition coefficient (Wildman–Crippen LogP) is 5.16. The maximum atomic E-state index is 13.9. The molecule has 0 fully saturated rings. The molecule has 2 unspecified atom stereocenters. The molecule has 0 amide bonds. The Morgan fingerprint density at radius 2 is 2.15 bits per heavy atom. The third-order valence-corrected chi connectivity index (χ3v) is 4.67. The molecule has 108 valence electrons. The fraction of sp³-hybridized carbons (Fsp3) is 0.286. The van der Waals surface area contributed by atoms with Crippen molar-refractivity contribution in [3.63, 3.8) is 0 Å². The third-order valence-electron chi connectivity index (χ3n) is 2.88. The number of thiophene rings is 1. The van der Waals surface area contributed by atoms with Crippen LogP contribution >= 0.6 is 38.9 Å². The van der Waals surface area contributed by atoms with E-state index in [0.29, 0.717) is 8.81 Å². The summed E-state index contributed by atoms with van der Waals surface area (Å²) >= 11 is 10.6. The van der Waals surface area contributed by atoms with Gasteiger partial charge < -0.3 is 10.5 Å². The van der Waals surface area contributed by atoms with Gasteiger partial charge in [0.05, 0.1) is 4.34 Å². The molecular formula is C14H14BrClFNOS. The highest BCUT2D eigenvalue weighted by Gasteiger charge is 2.23. The molecule has 2 N–H and O–H groups in total. The first-order valence-electron chi connectivity index (χ1n) is 6.13. The van der Waals surface area contributed by atoms with Crippen molar-refractivity contribution in [3.05, 3.63) is 49.8 Å². The molecule has 20 heavy (non-hydrogen) atoms. The SMILES string of the molecule is CCC(N)C(Oc1ccc(Br)cc1F)c1ccc(Cl)s1. The molecular weight excluding hydrogens is 365 g/mol. The summed E-state index contributed by atoms with van der Waals surface area (Å²) in [7, 11) is 0. The summed E-state index contributed by atoms with van der Waals surface area (Å²) in [5.41, 5.74) is 6.09. The normalized spacial score (nSPS) is 14.1. The fourth-order valence-electron chi connectivity index (χ4n) is 1.76. The van der Waals surface area contributed by atoms with E-state index < -0.39 is 11.9 Å². The van der Waals surface area contributed by atoms with Crippen LogP contribution in [0.5, 0.6) is 5.75 Å². The molecule has 0 aliphatic rings. The standard InChI is InChI=1S/C14H14BrClFNOS/c1-2-10(18)14(12-5-6-13(16)20-12)19-11-4-3-8(15)7-9(11)17/h3-7,10,14H,2,18H2,1H3. The first-order chi connectivity index (χ1) is 9.51. The van der Waals surface area contributed by atoms with Gasteiger partial charge in [0.15, 0.2) is 11.6 Å². The lowest BCUT2D eigenvalue weighted by molar-refractivity contribution is 0.167. The Balaban J connectivity index is 2.28. The van der Waals surface area contributed by atoms with Gasteiger partial charge in [-0.25, -0.2) is 4.39 Å². The summed E-state index contributed by atoms with van der Waals surface area (Å²) in [5, 5.41) is 0. The summed E-state index contributed by atoms with van der Waals surface area (Å²) in [5.74, 6) is -0.234. The van der Waals surface area contributed by atoms with E-state index in [1.807, 2.05) is 13.0 Å². The summed E-state index contributed by atoms with van der Waals surface area (Å²) in [6.45, 7) is 1.97. The minimum atomic E-state index is -0.421. The van der Waals surface area contributed by atoms with Crippen molar-refractivity contribution in [2.45, 2.75) is 25.5 Å². The van der Waals surface area contributed by atoms with Crippen LogP contribution in [-0.4, -0.2) is 6.04 Å². The Hall–Kier alpha value is -0.620. The molecule has 0 radical (unpaired) electrons. The van der Waals surface area contributed by atoms with Crippen molar-refractivity contribution < 1.29 is 9.13 Å². The lowest BCUT2D eigenvalue weighted by atomic mass is 10.1. The topological polar surface area (TPSA) is 35.2 Å². The van der Waals surface area contributed by atoms with Crippen LogP contribution in [0.4, 0.5) is 4.39 Å². The van der Waals surface area contributed by atoms with Gasteiger partial charge in [0.25, 0.3) is 0 Å². The third kappa shape index (κ3) is 3.73. The van der Waals surface area contributed by atoms with E-state index in [0.717, 1.165) is 11.3 Å². The molecule has 2 rings (SSSR count). The number of nitrogens with two attached hydrogens (primary N) is 1. The van der Waals surface area contributed by atoms with E-state index in [1.54, 1.807) is 18.2 Å². The van der Waals surface area contributed by atoms with Crippen LogP contribution in [0.3, 0.4) is 0 Å². The maximum absolute atomic E-state index is 13.9. The molecule has 0 saturated carbocycles. The Bertz CT molecular complexity index is 592. The predicted molar refractivity (Wildman–Crippen MR) is 85.1 cm³/mol. The van der Waals surface area contributed by atoms with E-state index in [-0.39, 0.29) is 11.8 Å². The van der Waals surface area contributed by atoms with Gasteiger partial charge in [0, 0.05) is 15.4 Å². The smallest absolute Gasteiger partial charge is 0.166 e. The molecule has 1 aromatic heterocycles. The maximum Gasteiger partial charge on any atom is 0.166 e. The molecule has 2 atom stereocenters. The zero-order valence-corrected chi connectivity index (χ0v) is 13.9. The molecule has 6 heteroatoms. The van der Waals surface area contributed by atoms with Crippen LogP contribution in [-0.2, 0) is 0 Å². The van der Waals surface area contributed by atoms with E-state index in [4.69, 9.17) is 22.1 Å². The van der Waals surface area contributed by atoms with Gasteiger partial charge in [0.1, 0.15) is 6.10 Å². The van der Waals surface area contributed by atoms with Gasteiger partial charge in [-0.1, -0.05) is 34.5 Å². The summed E-state index contributed by atoms with van der Waals surface area (Å²) in [6, 6.07) is 8.11. The van der Waals surface area contributed by atoms with Crippen LogP contribution in [0.25, 0.3) is 0 Å². The molecule has 0 aliphatic heterocycles. The number of hydrogen-bond acceptors (Lipinski definition) is 3. The second-order valence-corrected chi connectivity index (χ2v) is 6.99. The van der Waals surface area contributed by atoms with Crippen LogP contribution in [0.15, 0.2) is 34.8 Å². The van der Waals surface area contributed by atoms with E-state index in [9.17, 15) is 4.39 Å². The highest BCUT2D eigenvalue weighted by Crippen LogP contribution is 2.34. The Labute approximate surface area is 134 Å². The number of halogens is 3. The quantitative estimate of drug-likeness (QED) is 0.780. The fourth-order valence-corrected chi connectivity index (χ4v) is 3.26. The highest BCUT2D eigenvalue weighted by molar-refractivity contribution is 9.10. The van der Waals surface area contributed by atoms with Crippen LogP contribution < -0.4 is 10.5 Å². The number of ether oxygens (including phenoxy) is 1. The van der Waals surface area contributed by atoms with Gasteiger partial charge in [-0.3, -0.25) is 0 Å². The minimum Gasteiger partial charge on any atom is -0.480 e. The van der Waals surface area contributed by atoms with Gasteiger partial charge in [-0.2, -0.15) is 0 Å². The average Bonchev–Trinajstić information content (AvgIpc) is 2.83. The second-order valence-electron chi connectivity index (χ2n) is 4.33. The van der Waals surface area contributed by atoms with E-state index >= 15 is 0 Å². The number of hydrogen-bond donors (Lipinski definition) is 1. The van der Waals surface area contributed by atoms with Gasteiger partial charge in [-0.05, 0) is 36.8 Å².